The molecule has 2 N–H and O–H groups in total. The van der Waals surface area contributed by atoms with Crippen LogP contribution in [-0.4, -0.2) is 11.6 Å². The zero-order chi connectivity index (χ0) is 12.5. The van der Waals surface area contributed by atoms with Crippen molar-refractivity contribution in [2.24, 2.45) is 10.7 Å². The van der Waals surface area contributed by atoms with Crippen LogP contribution in [0.5, 0.6) is 0 Å². The maximum absolute atomic E-state index is 11.6. The first kappa shape index (κ1) is 11.3. The van der Waals surface area contributed by atoms with Gasteiger partial charge in [-0.3, -0.25) is 4.79 Å². The fourth-order valence-corrected chi connectivity index (χ4v) is 3.21. The molecule has 2 aliphatic rings. The number of nitrogens with zero attached hydrogens (tertiary/aromatic N) is 1. The van der Waals surface area contributed by atoms with E-state index in [9.17, 15) is 4.79 Å². The number of carbonyl (C=O) groups excluding carboxylic acids is 1. The second-order valence-corrected chi connectivity index (χ2v) is 5.26. The summed E-state index contributed by atoms with van der Waals surface area (Å²) in [5.41, 5.74) is 7.67. The van der Waals surface area contributed by atoms with E-state index in [2.05, 4.69) is 17.1 Å². The lowest BCUT2D eigenvalue weighted by atomic mass is 9.99. The van der Waals surface area contributed by atoms with Gasteiger partial charge in [0, 0.05) is 9.80 Å². The number of nitrogens with two attached hydrogens (primary N) is 1. The smallest absolute Gasteiger partial charge is 0.267 e. The lowest BCUT2D eigenvalue weighted by Crippen LogP contribution is -2.25. The van der Waals surface area contributed by atoms with E-state index in [4.69, 9.17) is 5.73 Å². The quantitative estimate of drug-likeness (QED) is 0.839. The molecule has 1 aromatic carbocycles. The van der Waals surface area contributed by atoms with Crippen LogP contribution in [0.25, 0.3) is 0 Å². The first-order valence-corrected chi connectivity index (χ1v) is 6.63. The molecule has 90 valence electrons. The van der Waals surface area contributed by atoms with Gasteiger partial charge in [0.25, 0.3) is 5.91 Å². The van der Waals surface area contributed by atoms with E-state index in [0.717, 1.165) is 33.9 Å². The normalized spacial score (nSPS) is 17.7. The highest BCUT2D eigenvalue weighted by atomic mass is 32.2. The van der Waals surface area contributed by atoms with E-state index in [-0.39, 0.29) is 0 Å². The summed E-state index contributed by atoms with van der Waals surface area (Å²) in [6, 6.07) is 7.82. The predicted molar refractivity (Wildman–Crippen MR) is 74.0 cm³/mol. The van der Waals surface area contributed by atoms with Gasteiger partial charge in [0.15, 0.2) is 0 Å². The maximum atomic E-state index is 11.6. The van der Waals surface area contributed by atoms with Crippen LogP contribution in [0.3, 0.4) is 0 Å². The van der Waals surface area contributed by atoms with Gasteiger partial charge in [-0.05, 0) is 30.5 Å². The minimum Gasteiger partial charge on any atom is -0.364 e. The number of aliphatic imine (C=N–C) groups is 1. The molecule has 1 aliphatic carbocycles. The van der Waals surface area contributed by atoms with Crippen LogP contribution in [0.15, 0.2) is 56.8 Å². The fourth-order valence-electron chi connectivity index (χ4n) is 2.12. The summed E-state index contributed by atoms with van der Waals surface area (Å²) in [6.45, 7) is 0. The number of fused-ring (bicyclic) bond motifs is 1. The monoisotopic (exact) mass is 256 g/mol. The first-order valence-electron chi connectivity index (χ1n) is 5.81. The van der Waals surface area contributed by atoms with Crippen LogP contribution in [-0.2, 0) is 4.79 Å². The van der Waals surface area contributed by atoms with Gasteiger partial charge in [-0.2, -0.15) is 0 Å². The van der Waals surface area contributed by atoms with E-state index >= 15 is 0 Å². The lowest BCUT2D eigenvalue weighted by Gasteiger charge is -2.13. The number of primary amides is 1. The Hall–Kier alpha value is -1.81. The highest BCUT2D eigenvalue weighted by Crippen LogP contribution is 2.42. The third-order valence-electron chi connectivity index (χ3n) is 2.96. The molecule has 0 bridgehead atoms. The molecule has 18 heavy (non-hydrogen) atoms. The van der Waals surface area contributed by atoms with E-state index in [1.54, 1.807) is 11.8 Å². The summed E-state index contributed by atoms with van der Waals surface area (Å²) >= 11 is 1.65. The van der Waals surface area contributed by atoms with Gasteiger partial charge >= 0.3 is 0 Å². The van der Waals surface area contributed by atoms with Crippen LogP contribution < -0.4 is 5.73 Å². The number of thioether (sulfide) groups is 1. The van der Waals surface area contributed by atoms with Crippen molar-refractivity contribution in [2.45, 2.75) is 17.7 Å². The molecular weight excluding hydrogens is 244 g/mol. The predicted octanol–water partition coefficient (Wildman–Crippen LogP) is 2.95. The Morgan fingerprint density at radius 2 is 2.17 bits per heavy atom. The molecule has 0 radical (unpaired) electrons. The van der Waals surface area contributed by atoms with Gasteiger partial charge in [-0.25, -0.2) is 4.99 Å². The number of amides is 1. The molecule has 0 saturated carbocycles. The number of carbonyl (C=O) groups is 1. The molecule has 3 rings (SSSR count). The summed E-state index contributed by atoms with van der Waals surface area (Å²) in [4.78, 5) is 18.2. The van der Waals surface area contributed by atoms with Crippen LogP contribution in [0, 0.1) is 0 Å². The number of hydrogen-bond acceptors (Lipinski definition) is 3. The maximum Gasteiger partial charge on any atom is 0.267 e. The van der Waals surface area contributed by atoms with Crippen molar-refractivity contribution in [3.63, 3.8) is 0 Å². The molecule has 1 heterocycles. The Balaban J connectivity index is 2.21. The first-order chi connectivity index (χ1) is 8.75. The van der Waals surface area contributed by atoms with E-state index < -0.39 is 5.91 Å². The van der Waals surface area contributed by atoms with Crippen molar-refractivity contribution >= 4 is 29.1 Å². The Morgan fingerprint density at radius 3 is 3.00 bits per heavy atom. The summed E-state index contributed by atoms with van der Waals surface area (Å²) in [5.74, 6) is -0.449. The van der Waals surface area contributed by atoms with E-state index in [1.165, 1.54) is 0 Å². The van der Waals surface area contributed by atoms with Crippen LogP contribution in [0.2, 0.25) is 0 Å². The average molecular weight is 256 g/mol. The summed E-state index contributed by atoms with van der Waals surface area (Å²) in [5, 5.41) is 0. The fraction of sp³-hybridized carbons (Fsp3) is 0.143. The second kappa shape index (κ2) is 4.46. The van der Waals surface area contributed by atoms with E-state index in [1.807, 2.05) is 24.3 Å². The van der Waals surface area contributed by atoms with Crippen molar-refractivity contribution in [3.05, 3.63) is 46.9 Å². The van der Waals surface area contributed by atoms with Gasteiger partial charge in [-0.15, -0.1) is 0 Å². The van der Waals surface area contributed by atoms with Crippen LogP contribution in [0.4, 0.5) is 5.69 Å². The van der Waals surface area contributed by atoms with Gasteiger partial charge in [0.05, 0.1) is 5.69 Å². The lowest BCUT2D eigenvalue weighted by molar-refractivity contribution is -0.111. The number of para-hydroxylation sites is 1. The minimum atomic E-state index is -0.449. The topological polar surface area (TPSA) is 55.5 Å². The molecule has 1 amide bonds. The number of hydrogen-bond donors (Lipinski definition) is 1. The van der Waals surface area contributed by atoms with Gasteiger partial charge in [-0.1, -0.05) is 36.0 Å². The molecule has 1 aromatic rings. The average Bonchev–Trinajstić information content (AvgIpc) is 2.55. The highest BCUT2D eigenvalue weighted by Gasteiger charge is 2.23. The summed E-state index contributed by atoms with van der Waals surface area (Å²) < 4.78 is 0. The standard InChI is InChI=1S/C14H12N2OS/c15-14(17)13-9-5-1-3-7-11(9)18-12-8-4-2-6-10(12)16-13/h2-4,6-8H,1,5H2,(H2,15,17). The number of rotatable bonds is 1. The molecule has 0 spiro atoms. The van der Waals surface area contributed by atoms with Gasteiger partial charge < -0.3 is 5.73 Å². The largest absolute Gasteiger partial charge is 0.364 e. The zero-order valence-electron chi connectivity index (χ0n) is 9.72. The van der Waals surface area contributed by atoms with Gasteiger partial charge in [0.1, 0.15) is 5.71 Å². The molecule has 4 heteroatoms. The minimum absolute atomic E-state index is 0.409. The molecule has 0 atom stereocenters. The van der Waals surface area contributed by atoms with Gasteiger partial charge in [0.2, 0.25) is 0 Å². The van der Waals surface area contributed by atoms with Crippen molar-refractivity contribution in [3.8, 4) is 0 Å². The Bertz CT molecular complexity index is 614. The summed E-state index contributed by atoms with van der Waals surface area (Å²) in [7, 11) is 0. The SMILES string of the molecule is NC(=O)C1=Nc2ccccc2SC2=C1CCC=C2. The molecule has 0 unspecified atom stereocenters. The summed E-state index contributed by atoms with van der Waals surface area (Å²) in [6.07, 6.45) is 5.94. The Kier molecular flexibility index (Phi) is 2.80. The number of benzene rings is 1. The molecule has 0 saturated heterocycles. The third kappa shape index (κ3) is 1.88. The molecule has 1 aliphatic heterocycles. The third-order valence-corrected chi connectivity index (χ3v) is 4.13. The van der Waals surface area contributed by atoms with Crippen molar-refractivity contribution < 1.29 is 4.79 Å². The second-order valence-electron chi connectivity index (χ2n) is 4.18. The Morgan fingerprint density at radius 1 is 1.33 bits per heavy atom. The van der Waals surface area contributed by atoms with Crippen molar-refractivity contribution in [2.75, 3.05) is 0 Å². The molecule has 0 fully saturated rings. The zero-order valence-corrected chi connectivity index (χ0v) is 10.5. The molecule has 3 nitrogen and oxygen atoms in total. The number of allylic oxidation sites excluding steroid dienone is 2. The Labute approximate surface area is 109 Å². The highest BCUT2D eigenvalue weighted by molar-refractivity contribution is 8.03. The van der Waals surface area contributed by atoms with Crippen LogP contribution >= 0.6 is 11.8 Å². The molecular formula is C14H12N2OS. The van der Waals surface area contributed by atoms with Crippen molar-refractivity contribution in [1.29, 1.82) is 0 Å². The van der Waals surface area contributed by atoms with Crippen LogP contribution in [0.1, 0.15) is 12.8 Å². The van der Waals surface area contributed by atoms with Crippen molar-refractivity contribution in [1.82, 2.24) is 0 Å². The van der Waals surface area contributed by atoms with E-state index in [0.29, 0.717) is 5.71 Å². The molecule has 0 aromatic heterocycles.